The topological polar surface area (TPSA) is 69.7 Å². The molecule has 128 valence electrons. The van der Waals surface area contributed by atoms with E-state index in [0.717, 1.165) is 20.1 Å². The normalized spacial score (nSPS) is 17.1. The molecule has 0 aliphatic carbocycles. The summed E-state index contributed by atoms with van der Waals surface area (Å²) in [5, 5.41) is 0.899. The predicted molar refractivity (Wildman–Crippen MR) is 76.1 cm³/mol. The number of amides is 2. The lowest BCUT2D eigenvalue weighted by Gasteiger charge is -2.34. The second-order valence-electron chi connectivity index (χ2n) is 5.13. The van der Waals surface area contributed by atoms with Crippen LogP contribution in [0.5, 0.6) is 0 Å². The van der Waals surface area contributed by atoms with Crippen molar-refractivity contribution in [2.75, 3.05) is 26.2 Å². The van der Waals surface area contributed by atoms with E-state index in [1.165, 1.54) is 12.1 Å². The number of hydrogen-bond acceptors (Lipinski definition) is 3. The van der Waals surface area contributed by atoms with Crippen LogP contribution in [0.15, 0.2) is 29.2 Å². The molecule has 1 aliphatic rings. The summed E-state index contributed by atoms with van der Waals surface area (Å²) in [6.07, 6.45) is -4.80. The molecule has 1 aromatic rings. The number of rotatable bonds is 2. The smallest absolute Gasteiger partial charge is 0.322 e. The molecule has 10 heteroatoms. The minimum atomic E-state index is -4.80. The summed E-state index contributed by atoms with van der Waals surface area (Å²) in [5.74, 6) is 0. The number of nitrogens with zero attached hydrogens (tertiary/aromatic N) is 2. The number of sulfonamides is 1. The van der Waals surface area contributed by atoms with Crippen LogP contribution in [-0.2, 0) is 10.0 Å². The van der Waals surface area contributed by atoms with E-state index in [0.29, 0.717) is 0 Å². The summed E-state index contributed by atoms with van der Waals surface area (Å²) in [6, 6.07) is 5.02. The highest BCUT2D eigenvalue weighted by Gasteiger charge is 2.35. The number of benzene rings is 1. The fourth-order valence-electron chi connectivity index (χ4n) is 2.19. The summed E-state index contributed by atoms with van der Waals surface area (Å²) in [4.78, 5) is 12.5. The van der Waals surface area contributed by atoms with E-state index >= 15 is 0 Å². The summed E-state index contributed by atoms with van der Waals surface area (Å²) in [5.41, 5.74) is 0.914. The molecule has 0 radical (unpaired) electrons. The third-order valence-electron chi connectivity index (χ3n) is 3.43. The van der Waals surface area contributed by atoms with Crippen LogP contribution in [0.2, 0.25) is 0 Å². The maximum atomic E-state index is 12.4. The Bertz CT molecular complexity index is 666. The largest absolute Gasteiger partial charge is 0.485 e. The van der Waals surface area contributed by atoms with E-state index in [9.17, 15) is 26.4 Å². The van der Waals surface area contributed by atoms with Crippen molar-refractivity contribution in [2.45, 2.75) is 18.1 Å². The lowest BCUT2D eigenvalue weighted by Crippen LogP contribution is -2.55. The SMILES string of the molecule is Cc1ccc(S(=O)(=O)N2CCN(C(=O)NC(F)(F)F)CC2)cc1. The monoisotopic (exact) mass is 351 g/mol. The highest BCUT2D eigenvalue weighted by molar-refractivity contribution is 7.89. The molecule has 0 bridgehead atoms. The number of carbonyl (C=O) groups excluding carboxylic acids is 1. The number of piperazine rings is 1. The first-order chi connectivity index (χ1) is 10.6. The molecule has 0 unspecified atom stereocenters. The van der Waals surface area contributed by atoms with Gasteiger partial charge in [-0.15, -0.1) is 0 Å². The molecule has 0 aromatic heterocycles. The van der Waals surface area contributed by atoms with Crippen LogP contribution in [0.4, 0.5) is 18.0 Å². The molecule has 2 rings (SSSR count). The Morgan fingerprint density at radius 1 is 1.09 bits per heavy atom. The Morgan fingerprint density at radius 2 is 1.61 bits per heavy atom. The second kappa shape index (κ2) is 6.36. The Hall–Kier alpha value is -1.81. The second-order valence-corrected chi connectivity index (χ2v) is 7.07. The van der Waals surface area contributed by atoms with E-state index in [-0.39, 0.29) is 31.1 Å². The zero-order valence-electron chi connectivity index (χ0n) is 12.3. The first-order valence-corrected chi connectivity index (χ1v) is 8.24. The quantitative estimate of drug-likeness (QED) is 0.822. The molecule has 23 heavy (non-hydrogen) atoms. The van der Waals surface area contributed by atoms with Gasteiger partial charge in [0.15, 0.2) is 0 Å². The average molecular weight is 351 g/mol. The first kappa shape index (κ1) is 17.5. The minimum absolute atomic E-state index is 0.0541. The van der Waals surface area contributed by atoms with Crippen LogP contribution in [0.25, 0.3) is 0 Å². The van der Waals surface area contributed by atoms with Gasteiger partial charge in [0.05, 0.1) is 4.90 Å². The van der Waals surface area contributed by atoms with Gasteiger partial charge in [-0.3, -0.25) is 0 Å². The van der Waals surface area contributed by atoms with Crippen molar-refractivity contribution in [3.63, 3.8) is 0 Å². The Labute approximate surface area is 131 Å². The summed E-state index contributed by atoms with van der Waals surface area (Å²) >= 11 is 0. The average Bonchev–Trinajstić information content (AvgIpc) is 2.46. The van der Waals surface area contributed by atoms with Crippen LogP contribution in [0, 0.1) is 6.92 Å². The number of aryl methyl sites for hydroxylation is 1. The number of nitrogens with one attached hydrogen (secondary N) is 1. The molecule has 0 saturated carbocycles. The fraction of sp³-hybridized carbons (Fsp3) is 0.462. The van der Waals surface area contributed by atoms with Crippen LogP contribution < -0.4 is 5.32 Å². The molecular formula is C13H16F3N3O3S. The lowest BCUT2D eigenvalue weighted by atomic mass is 10.2. The van der Waals surface area contributed by atoms with E-state index in [1.807, 2.05) is 6.92 Å². The van der Waals surface area contributed by atoms with Gasteiger partial charge >= 0.3 is 12.3 Å². The maximum absolute atomic E-state index is 12.4. The molecule has 1 aromatic carbocycles. The van der Waals surface area contributed by atoms with Gasteiger partial charge in [0, 0.05) is 26.2 Å². The molecule has 1 heterocycles. The zero-order chi connectivity index (χ0) is 17.3. The minimum Gasteiger partial charge on any atom is -0.322 e. The van der Waals surface area contributed by atoms with Gasteiger partial charge in [-0.1, -0.05) is 17.7 Å². The van der Waals surface area contributed by atoms with Gasteiger partial charge in [0.1, 0.15) is 0 Å². The van der Waals surface area contributed by atoms with Crippen LogP contribution in [0.1, 0.15) is 5.56 Å². The van der Waals surface area contributed by atoms with E-state index < -0.39 is 22.4 Å². The molecular weight excluding hydrogens is 335 g/mol. The Balaban J connectivity index is 2.01. The number of carbonyl (C=O) groups is 1. The van der Waals surface area contributed by atoms with Gasteiger partial charge in [-0.25, -0.2) is 18.5 Å². The van der Waals surface area contributed by atoms with Crippen molar-refractivity contribution in [3.8, 4) is 0 Å². The molecule has 6 nitrogen and oxygen atoms in total. The van der Waals surface area contributed by atoms with Crippen LogP contribution >= 0.6 is 0 Å². The molecule has 0 spiro atoms. The zero-order valence-corrected chi connectivity index (χ0v) is 13.1. The maximum Gasteiger partial charge on any atom is 0.485 e. The molecule has 1 N–H and O–H groups in total. The van der Waals surface area contributed by atoms with Crippen molar-refractivity contribution in [3.05, 3.63) is 29.8 Å². The Morgan fingerprint density at radius 3 is 2.09 bits per heavy atom. The summed E-state index contributed by atoms with van der Waals surface area (Å²) in [6.45, 7) is 1.51. The third-order valence-corrected chi connectivity index (χ3v) is 5.35. The predicted octanol–water partition coefficient (Wildman–Crippen LogP) is 1.53. The van der Waals surface area contributed by atoms with Crippen molar-refractivity contribution in [1.82, 2.24) is 14.5 Å². The number of hydrogen-bond donors (Lipinski definition) is 1. The van der Waals surface area contributed by atoms with E-state index in [2.05, 4.69) is 0 Å². The number of alkyl halides is 3. The molecule has 0 atom stereocenters. The van der Waals surface area contributed by atoms with Gasteiger partial charge in [-0.2, -0.15) is 17.5 Å². The third kappa shape index (κ3) is 4.35. The molecule has 2 amide bonds. The number of halogens is 3. The van der Waals surface area contributed by atoms with Gasteiger partial charge in [0.25, 0.3) is 0 Å². The summed E-state index contributed by atoms with van der Waals surface area (Å²) in [7, 11) is -3.71. The molecule has 1 aliphatic heterocycles. The van der Waals surface area contributed by atoms with Crippen molar-refractivity contribution in [1.29, 1.82) is 0 Å². The van der Waals surface area contributed by atoms with E-state index in [4.69, 9.17) is 0 Å². The van der Waals surface area contributed by atoms with Gasteiger partial charge in [-0.05, 0) is 19.1 Å². The Kier molecular flexibility index (Phi) is 4.85. The fourth-order valence-corrected chi connectivity index (χ4v) is 3.61. The van der Waals surface area contributed by atoms with Crippen molar-refractivity contribution < 1.29 is 26.4 Å². The first-order valence-electron chi connectivity index (χ1n) is 6.80. The van der Waals surface area contributed by atoms with E-state index in [1.54, 1.807) is 12.1 Å². The standard InChI is InChI=1S/C13H16F3N3O3S/c1-10-2-4-11(5-3-10)23(21,22)19-8-6-18(7-9-19)12(20)17-13(14,15)16/h2-5H,6-9H2,1H3,(H,17,20). The van der Waals surface area contributed by atoms with Crippen molar-refractivity contribution in [2.24, 2.45) is 0 Å². The van der Waals surface area contributed by atoms with Crippen LogP contribution in [-0.4, -0.2) is 56.1 Å². The van der Waals surface area contributed by atoms with Crippen LogP contribution in [0.3, 0.4) is 0 Å². The highest BCUT2D eigenvalue weighted by atomic mass is 32.2. The number of urea groups is 1. The molecule has 1 saturated heterocycles. The lowest BCUT2D eigenvalue weighted by molar-refractivity contribution is -0.147. The van der Waals surface area contributed by atoms with Gasteiger partial charge < -0.3 is 4.90 Å². The highest BCUT2D eigenvalue weighted by Crippen LogP contribution is 2.18. The van der Waals surface area contributed by atoms with Gasteiger partial charge in [0.2, 0.25) is 10.0 Å². The molecule has 1 fully saturated rings. The van der Waals surface area contributed by atoms with Crippen molar-refractivity contribution >= 4 is 16.1 Å². The summed E-state index contributed by atoms with van der Waals surface area (Å²) < 4.78 is 62.4.